The number of primary amides is 1. The fourth-order valence-electron chi connectivity index (χ4n) is 3.91. The number of hydrogen-bond donors (Lipinski definition) is 4. The number of nitrogens with zero attached hydrogens (tertiary/aromatic N) is 2. The lowest BCUT2D eigenvalue weighted by atomic mass is 10.1. The number of hydrogen-bond acceptors (Lipinski definition) is 6. The highest BCUT2D eigenvalue weighted by molar-refractivity contribution is 6.11. The van der Waals surface area contributed by atoms with Crippen LogP contribution in [0.25, 0.3) is 16.7 Å². The number of aromatic hydroxyl groups is 1. The lowest BCUT2D eigenvalue weighted by molar-refractivity contribution is 0.100. The van der Waals surface area contributed by atoms with Gasteiger partial charge in [0.2, 0.25) is 5.88 Å². The van der Waals surface area contributed by atoms with E-state index in [1.807, 2.05) is 19.9 Å². The van der Waals surface area contributed by atoms with Crippen LogP contribution in [0.5, 0.6) is 11.6 Å². The summed E-state index contributed by atoms with van der Waals surface area (Å²) in [4.78, 5) is 16.9. The third-order valence-corrected chi connectivity index (χ3v) is 6.10. The number of phenolic OH excluding ortho intramolecular Hbond substituents is 1. The summed E-state index contributed by atoms with van der Waals surface area (Å²) in [5, 5.41) is 10.8. The first-order chi connectivity index (χ1) is 14.2. The summed E-state index contributed by atoms with van der Waals surface area (Å²) in [6, 6.07) is 5.23. The summed E-state index contributed by atoms with van der Waals surface area (Å²) in [7, 11) is 0. The van der Waals surface area contributed by atoms with Gasteiger partial charge in [0.1, 0.15) is 11.6 Å². The van der Waals surface area contributed by atoms with Crippen molar-refractivity contribution < 1.29 is 14.6 Å². The lowest BCUT2D eigenvalue weighted by Crippen LogP contribution is -2.23. The Kier molecular flexibility index (Phi) is 4.62. The zero-order chi connectivity index (χ0) is 21.8. The van der Waals surface area contributed by atoms with Crippen molar-refractivity contribution in [2.75, 3.05) is 18.9 Å². The number of anilines is 1. The van der Waals surface area contributed by atoms with Crippen LogP contribution in [0.3, 0.4) is 0 Å². The van der Waals surface area contributed by atoms with Crippen molar-refractivity contribution >= 4 is 22.8 Å². The van der Waals surface area contributed by atoms with E-state index in [0.29, 0.717) is 41.3 Å². The monoisotopic (exact) mass is 409 g/mol. The Balaban J connectivity index is 1.95. The molecule has 0 saturated heterocycles. The number of phenols is 1. The van der Waals surface area contributed by atoms with Crippen molar-refractivity contribution in [1.29, 1.82) is 0 Å². The molecule has 0 spiro atoms. The standard InChI is InChI=1S/C22H27N5O3/c1-11-4-5-15(28)13(3)17(11)27-18(24)16(19(25)29)14-8-12(2)21(26-20(14)27)30-10-22(9-23)6-7-22/h4-5,8,28H,6-7,9-10,23-24H2,1-3H3,(H2,25,29). The van der Waals surface area contributed by atoms with E-state index in [-0.39, 0.29) is 22.5 Å². The second kappa shape index (κ2) is 6.91. The molecule has 0 radical (unpaired) electrons. The summed E-state index contributed by atoms with van der Waals surface area (Å²) >= 11 is 0. The number of carbonyl (C=O) groups is 1. The van der Waals surface area contributed by atoms with E-state index in [2.05, 4.69) is 0 Å². The molecule has 1 aromatic carbocycles. The number of amides is 1. The topological polar surface area (TPSA) is 142 Å². The van der Waals surface area contributed by atoms with Crippen LogP contribution in [-0.4, -0.2) is 33.7 Å². The Labute approximate surface area is 174 Å². The number of nitrogen functional groups attached to an aromatic ring is 1. The molecule has 8 nitrogen and oxygen atoms in total. The summed E-state index contributed by atoms with van der Waals surface area (Å²) < 4.78 is 7.71. The van der Waals surface area contributed by atoms with Gasteiger partial charge in [-0.2, -0.15) is 4.98 Å². The first-order valence-electron chi connectivity index (χ1n) is 9.93. The summed E-state index contributed by atoms with van der Waals surface area (Å²) in [6.07, 6.45) is 2.09. The molecule has 0 unspecified atom stereocenters. The number of aromatic nitrogens is 2. The molecule has 30 heavy (non-hydrogen) atoms. The predicted molar refractivity (Wildman–Crippen MR) is 116 cm³/mol. The second-order valence-electron chi connectivity index (χ2n) is 8.31. The average Bonchev–Trinajstić information content (AvgIpc) is 3.43. The van der Waals surface area contributed by atoms with Crippen molar-refractivity contribution in [1.82, 2.24) is 9.55 Å². The molecule has 1 aliphatic carbocycles. The quantitative estimate of drug-likeness (QED) is 0.492. The van der Waals surface area contributed by atoms with Crippen LogP contribution in [0.4, 0.5) is 5.82 Å². The van der Waals surface area contributed by atoms with Gasteiger partial charge < -0.3 is 27.0 Å². The largest absolute Gasteiger partial charge is 0.508 e. The lowest BCUT2D eigenvalue weighted by Gasteiger charge is -2.17. The highest BCUT2D eigenvalue weighted by Gasteiger charge is 2.42. The van der Waals surface area contributed by atoms with Crippen LogP contribution in [0.1, 0.15) is 39.9 Å². The molecule has 2 heterocycles. The molecule has 8 heteroatoms. The van der Waals surface area contributed by atoms with Gasteiger partial charge in [-0.3, -0.25) is 9.36 Å². The number of nitrogens with two attached hydrogens (primary N) is 3. The Morgan fingerprint density at radius 1 is 1.27 bits per heavy atom. The van der Waals surface area contributed by atoms with Crippen molar-refractivity contribution in [3.05, 3.63) is 40.5 Å². The van der Waals surface area contributed by atoms with Crippen LogP contribution in [0.2, 0.25) is 0 Å². The molecule has 1 saturated carbocycles. The third-order valence-electron chi connectivity index (χ3n) is 6.10. The number of ether oxygens (including phenoxy) is 1. The molecule has 7 N–H and O–H groups in total. The maximum Gasteiger partial charge on any atom is 0.253 e. The first kappa shape index (κ1) is 20.0. The van der Waals surface area contributed by atoms with Crippen LogP contribution < -0.4 is 21.9 Å². The molecule has 0 bridgehead atoms. The predicted octanol–water partition coefficient (Wildman–Crippen LogP) is 2.46. The number of carbonyl (C=O) groups excluding carboxylic acids is 1. The highest BCUT2D eigenvalue weighted by atomic mass is 16.5. The van der Waals surface area contributed by atoms with Gasteiger partial charge in [0.15, 0.2) is 5.65 Å². The molecule has 1 aliphatic rings. The molecule has 158 valence electrons. The molecular weight excluding hydrogens is 382 g/mol. The molecule has 2 aromatic heterocycles. The maximum absolute atomic E-state index is 12.2. The van der Waals surface area contributed by atoms with Gasteiger partial charge in [-0.1, -0.05) is 6.07 Å². The van der Waals surface area contributed by atoms with E-state index >= 15 is 0 Å². The Morgan fingerprint density at radius 3 is 2.57 bits per heavy atom. The van der Waals surface area contributed by atoms with Gasteiger partial charge in [0.25, 0.3) is 5.91 Å². The van der Waals surface area contributed by atoms with Crippen molar-refractivity contribution in [3.8, 4) is 17.3 Å². The Hall–Kier alpha value is -3.26. The van der Waals surface area contributed by atoms with Gasteiger partial charge in [0.05, 0.1) is 17.9 Å². The highest BCUT2D eigenvalue weighted by Crippen LogP contribution is 2.45. The summed E-state index contributed by atoms with van der Waals surface area (Å²) in [5.74, 6) is 0.132. The van der Waals surface area contributed by atoms with Gasteiger partial charge in [-0.05, 0) is 51.3 Å². The minimum atomic E-state index is -0.637. The van der Waals surface area contributed by atoms with E-state index in [0.717, 1.165) is 24.0 Å². The summed E-state index contributed by atoms with van der Waals surface area (Å²) in [6.45, 7) is 6.63. The zero-order valence-electron chi connectivity index (χ0n) is 17.5. The van der Waals surface area contributed by atoms with E-state index < -0.39 is 5.91 Å². The minimum absolute atomic E-state index is 0.0287. The average molecular weight is 409 g/mol. The Bertz CT molecular complexity index is 1180. The van der Waals surface area contributed by atoms with Crippen molar-refractivity contribution in [2.45, 2.75) is 33.6 Å². The SMILES string of the molecule is Cc1cc2c(C(N)=O)c(N)n(-c3c(C)ccc(O)c3C)c2nc1OCC1(CN)CC1. The fraction of sp³-hybridized carbons (Fsp3) is 0.364. The number of benzene rings is 1. The molecule has 1 fully saturated rings. The van der Waals surface area contributed by atoms with Crippen LogP contribution in [-0.2, 0) is 0 Å². The Morgan fingerprint density at radius 2 is 1.97 bits per heavy atom. The van der Waals surface area contributed by atoms with Crippen LogP contribution in [0, 0.1) is 26.2 Å². The van der Waals surface area contributed by atoms with Gasteiger partial charge >= 0.3 is 0 Å². The normalized spacial score (nSPS) is 14.8. The maximum atomic E-state index is 12.2. The van der Waals surface area contributed by atoms with Gasteiger partial charge in [0, 0.05) is 28.5 Å². The van der Waals surface area contributed by atoms with E-state index in [1.165, 1.54) is 0 Å². The molecule has 0 atom stereocenters. The van der Waals surface area contributed by atoms with Crippen LogP contribution in [0.15, 0.2) is 18.2 Å². The van der Waals surface area contributed by atoms with Crippen LogP contribution >= 0.6 is 0 Å². The summed E-state index contributed by atoms with van der Waals surface area (Å²) in [5.41, 5.74) is 21.5. The van der Waals surface area contributed by atoms with Gasteiger partial charge in [-0.25, -0.2) is 0 Å². The van der Waals surface area contributed by atoms with Gasteiger partial charge in [-0.15, -0.1) is 0 Å². The first-order valence-corrected chi connectivity index (χ1v) is 9.93. The van der Waals surface area contributed by atoms with Crippen molar-refractivity contribution in [3.63, 3.8) is 0 Å². The minimum Gasteiger partial charge on any atom is -0.508 e. The molecular formula is C22H27N5O3. The van der Waals surface area contributed by atoms with E-state index in [4.69, 9.17) is 26.9 Å². The molecule has 1 amide bonds. The smallest absolute Gasteiger partial charge is 0.253 e. The van der Waals surface area contributed by atoms with Crippen molar-refractivity contribution in [2.24, 2.45) is 16.9 Å². The second-order valence-corrected chi connectivity index (χ2v) is 8.31. The zero-order valence-corrected chi connectivity index (χ0v) is 17.5. The van der Waals surface area contributed by atoms with E-state index in [1.54, 1.807) is 23.6 Å². The molecule has 0 aliphatic heterocycles. The third kappa shape index (κ3) is 3.04. The number of rotatable bonds is 6. The number of pyridine rings is 1. The molecule has 4 rings (SSSR count). The fourth-order valence-corrected chi connectivity index (χ4v) is 3.91. The number of fused-ring (bicyclic) bond motifs is 1. The molecule has 3 aromatic rings. The van der Waals surface area contributed by atoms with E-state index in [9.17, 15) is 9.90 Å². The number of aryl methyl sites for hydroxylation is 2.